The summed E-state index contributed by atoms with van der Waals surface area (Å²) in [4.78, 5) is 6.93. The number of hydrogen-bond acceptors (Lipinski definition) is 4. The Balaban J connectivity index is 0.000000396. The van der Waals surface area contributed by atoms with E-state index in [0.717, 1.165) is 66.1 Å². The van der Waals surface area contributed by atoms with E-state index in [9.17, 15) is 0 Å². The van der Waals surface area contributed by atoms with Crippen LogP contribution in [-0.4, -0.2) is 43.4 Å². The number of pyridine rings is 1. The van der Waals surface area contributed by atoms with Crippen molar-refractivity contribution in [3.63, 3.8) is 0 Å². The molecule has 1 aromatic heterocycles. The predicted molar refractivity (Wildman–Crippen MR) is 142 cm³/mol. The zero-order chi connectivity index (χ0) is 24.3. The fraction of sp³-hybridized carbons (Fsp3) is 0.667. The Morgan fingerprint density at radius 2 is 1.72 bits per heavy atom. The third kappa shape index (κ3) is 9.64. The van der Waals surface area contributed by atoms with Gasteiger partial charge in [-0.3, -0.25) is 4.98 Å². The Hall–Kier alpha value is -1.36. The molecule has 2 atom stereocenters. The number of morpholine rings is 1. The van der Waals surface area contributed by atoms with Crippen LogP contribution in [0.15, 0.2) is 24.3 Å². The smallest absolute Gasteiger partial charge is 0.0751 e. The molecule has 0 spiro atoms. The molecule has 2 heterocycles. The molecule has 1 fully saturated rings. The van der Waals surface area contributed by atoms with Crippen molar-refractivity contribution >= 4 is 28.2 Å². The van der Waals surface area contributed by atoms with E-state index in [1.54, 1.807) is 0 Å². The van der Waals surface area contributed by atoms with Crippen LogP contribution in [0.1, 0.15) is 67.5 Å². The van der Waals surface area contributed by atoms with Crippen molar-refractivity contribution in [2.24, 2.45) is 11.8 Å². The van der Waals surface area contributed by atoms with Gasteiger partial charge in [0.05, 0.1) is 22.7 Å². The zero-order valence-electron chi connectivity index (χ0n) is 21.8. The zero-order valence-corrected chi connectivity index (χ0v) is 22.6. The summed E-state index contributed by atoms with van der Waals surface area (Å²) < 4.78 is 5.93. The summed E-state index contributed by atoms with van der Waals surface area (Å²) in [5, 5.41) is 5.18. The molecule has 0 aliphatic carbocycles. The molecular formula is C27H46ClN3O. The van der Waals surface area contributed by atoms with E-state index in [1.807, 2.05) is 26.8 Å². The first-order chi connectivity index (χ1) is 15.2. The molecule has 1 saturated heterocycles. The van der Waals surface area contributed by atoms with Crippen molar-refractivity contribution in [2.45, 2.75) is 80.9 Å². The Morgan fingerprint density at radius 3 is 2.28 bits per heavy atom. The second-order valence-corrected chi connectivity index (χ2v) is 9.68. The fourth-order valence-electron chi connectivity index (χ4n) is 3.64. The first-order valence-corrected chi connectivity index (χ1v) is 12.7. The maximum Gasteiger partial charge on any atom is 0.0751 e. The van der Waals surface area contributed by atoms with Crippen LogP contribution in [-0.2, 0) is 4.74 Å². The number of rotatable bonds is 6. The molecule has 32 heavy (non-hydrogen) atoms. The number of hydrogen-bond donors (Lipinski definition) is 1. The number of nitrogens with zero attached hydrogens (tertiary/aromatic N) is 2. The fourth-order valence-corrected chi connectivity index (χ4v) is 3.94. The summed E-state index contributed by atoms with van der Waals surface area (Å²) in [6.07, 6.45) is 1.60. The highest BCUT2D eigenvalue weighted by Crippen LogP contribution is 2.29. The molecule has 2 unspecified atom stereocenters. The minimum absolute atomic E-state index is 0.256. The van der Waals surface area contributed by atoms with E-state index in [1.165, 1.54) is 5.69 Å². The number of benzene rings is 1. The molecule has 4 nitrogen and oxygen atoms in total. The van der Waals surface area contributed by atoms with Gasteiger partial charge in [0.1, 0.15) is 0 Å². The molecule has 0 bridgehead atoms. The van der Waals surface area contributed by atoms with E-state index >= 15 is 0 Å². The van der Waals surface area contributed by atoms with Crippen LogP contribution in [0, 0.1) is 18.8 Å². The van der Waals surface area contributed by atoms with Crippen LogP contribution < -0.4 is 10.2 Å². The van der Waals surface area contributed by atoms with Crippen LogP contribution in [0.3, 0.4) is 0 Å². The van der Waals surface area contributed by atoms with E-state index in [2.05, 4.69) is 74.9 Å². The van der Waals surface area contributed by atoms with E-state index in [4.69, 9.17) is 16.3 Å². The third-order valence-corrected chi connectivity index (χ3v) is 5.43. The molecule has 5 heteroatoms. The van der Waals surface area contributed by atoms with Gasteiger partial charge >= 0.3 is 0 Å². The quantitative estimate of drug-likeness (QED) is 0.495. The Bertz CT molecular complexity index is 786. The first kappa shape index (κ1) is 28.7. The van der Waals surface area contributed by atoms with E-state index < -0.39 is 0 Å². The van der Waals surface area contributed by atoms with Gasteiger partial charge in [0.2, 0.25) is 0 Å². The Labute approximate surface area is 202 Å². The molecule has 182 valence electrons. The lowest BCUT2D eigenvalue weighted by molar-refractivity contribution is -0.0172. The van der Waals surface area contributed by atoms with Crippen molar-refractivity contribution in [1.29, 1.82) is 0 Å². The van der Waals surface area contributed by atoms with Crippen LogP contribution in [0.2, 0.25) is 5.02 Å². The summed E-state index contributed by atoms with van der Waals surface area (Å²) >= 11 is 6.37. The van der Waals surface area contributed by atoms with Gasteiger partial charge in [-0.2, -0.15) is 0 Å². The highest BCUT2D eigenvalue weighted by atomic mass is 35.5. The van der Waals surface area contributed by atoms with Gasteiger partial charge in [-0.15, -0.1) is 0 Å². The summed E-state index contributed by atoms with van der Waals surface area (Å²) in [7, 11) is 0. The summed E-state index contributed by atoms with van der Waals surface area (Å²) in [6, 6.07) is 8.26. The van der Waals surface area contributed by atoms with Gasteiger partial charge in [0.25, 0.3) is 0 Å². The summed E-state index contributed by atoms with van der Waals surface area (Å²) in [6.45, 7) is 23.3. The number of nitrogens with one attached hydrogen (secondary N) is 1. The summed E-state index contributed by atoms with van der Waals surface area (Å²) in [5.41, 5.74) is 3.10. The SMILES string of the molecule is CC.CC(C)CNCC(C)C.CCC1CN(c2ccc3nc(C)cc(Cl)c3c2)CC(C)O1. The average Bonchev–Trinajstić information content (AvgIpc) is 2.74. The minimum Gasteiger partial charge on any atom is -0.372 e. The first-order valence-electron chi connectivity index (χ1n) is 12.4. The molecule has 1 N–H and O–H groups in total. The Morgan fingerprint density at radius 1 is 1.09 bits per heavy atom. The van der Waals surface area contributed by atoms with Crippen molar-refractivity contribution < 1.29 is 4.74 Å². The standard InChI is InChI=1S/C17H21ClN2O.C8H19N.C2H6/c1-4-14-10-20(9-12(3)21-14)13-5-6-17-15(8-13)16(18)7-11(2)19-17;1-7(2)5-9-6-8(3)4;1-2/h5-8,12,14H,4,9-10H2,1-3H3;7-9H,5-6H2,1-4H3;1-2H3. The normalized spacial score (nSPS) is 18.3. The lowest BCUT2D eigenvalue weighted by Crippen LogP contribution is -2.46. The molecule has 1 aliphatic heterocycles. The maximum absolute atomic E-state index is 6.37. The molecule has 3 rings (SSSR count). The molecule has 1 aliphatic rings. The molecule has 0 amide bonds. The number of aromatic nitrogens is 1. The predicted octanol–water partition coefficient (Wildman–Crippen LogP) is 7.11. The maximum atomic E-state index is 6.37. The van der Waals surface area contributed by atoms with Crippen LogP contribution in [0.25, 0.3) is 10.9 Å². The van der Waals surface area contributed by atoms with Crippen molar-refractivity contribution in [3.05, 3.63) is 35.0 Å². The van der Waals surface area contributed by atoms with Gasteiger partial charge in [-0.05, 0) is 69.5 Å². The van der Waals surface area contributed by atoms with Crippen LogP contribution in [0.4, 0.5) is 5.69 Å². The highest BCUT2D eigenvalue weighted by molar-refractivity contribution is 6.35. The van der Waals surface area contributed by atoms with Crippen molar-refractivity contribution in [1.82, 2.24) is 10.3 Å². The highest BCUT2D eigenvalue weighted by Gasteiger charge is 2.24. The second-order valence-electron chi connectivity index (χ2n) is 9.27. The number of fused-ring (bicyclic) bond motifs is 1. The Kier molecular flexibility index (Phi) is 13.2. The largest absolute Gasteiger partial charge is 0.372 e. The topological polar surface area (TPSA) is 37.4 Å². The number of anilines is 1. The van der Waals surface area contributed by atoms with Gasteiger partial charge in [0, 0.05) is 29.9 Å². The molecule has 0 saturated carbocycles. The average molecular weight is 464 g/mol. The van der Waals surface area contributed by atoms with Gasteiger partial charge in [-0.1, -0.05) is 60.1 Å². The van der Waals surface area contributed by atoms with Crippen molar-refractivity contribution in [3.8, 4) is 0 Å². The number of ether oxygens (including phenoxy) is 1. The van der Waals surface area contributed by atoms with Crippen LogP contribution in [0.5, 0.6) is 0 Å². The van der Waals surface area contributed by atoms with Crippen molar-refractivity contribution in [2.75, 3.05) is 31.1 Å². The van der Waals surface area contributed by atoms with E-state index in [0.29, 0.717) is 6.10 Å². The monoisotopic (exact) mass is 463 g/mol. The molecule has 0 radical (unpaired) electrons. The van der Waals surface area contributed by atoms with Gasteiger partial charge < -0.3 is 15.0 Å². The number of halogens is 1. The lowest BCUT2D eigenvalue weighted by atomic mass is 10.1. The molecular weight excluding hydrogens is 418 g/mol. The summed E-state index contributed by atoms with van der Waals surface area (Å²) in [5.74, 6) is 1.56. The number of aryl methyl sites for hydroxylation is 1. The third-order valence-electron chi connectivity index (χ3n) is 5.12. The lowest BCUT2D eigenvalue weighted by Gasteiger charge is -2.38. The van der Waals surface area contributed by atoms with Gasteiger partial charge in [-0.25, -0.2) is 0 Å². The van der Waals surface area contributed by atoms with Crippen LogP contribution >= 0.6 is 11.6 Å². The van der Waals surface area contributed by atoms with Gasteiger partial charge in [0.15, 0.2) is 0 Å². The minimum atomic E-state index is 0.256. The molecule has 1 aromatic carbocycles. The van der Waals surface area contributed by atoms with E-state index in [-0.39, 0.29) is 6.10 Å². The second kappa shape index (κ2) is 14.7. The molecule has 2 aromatic rings.